The largest absolute Gasteiger partial charge is 0.351 e. The first kappa shape index (κ1) is 16.2. The van der Waals surface area contributed by atoms with Gasteiger partial charge in [0, 0.05) is 17.5 Å². The molecular weight excluding hydrogens is 296 g/mol. The van der Waals surface area contributed by atoms with E-state index in [1.54, 1.807) is 6.07 Å². The van der Waals surface area contributed by atoms with Crippen LogP contribution in [-0.2, 0) is 11.3 Å². The van der Waals surface area contributed by atoms with Crippen LogP contribution in [0.15, 0.2) is 24.3 Å². The lowest BCUT2D eigenvalue weighted by molar-refractivity contribution is -0.119. The Morgan fingerprint density at radius 1 is 1.09 bits per heavy atom. The Balaban J connectivity index is 2.11. The van der Waals surface area contributed by atoms with E-state index < -0.39 is 0 Å². The van der Waals surface area contributed by atoms with Gasteiger partial charge in [-0.15, -0.1) is 11.3 Å². The molecule has 2 N–H and O–H groups in total. The molecule has 0 saturated heterocycles. The van der Waals surface area contributed by atoms with Crippen LogP contribution < -0.4 is 10.6 Å². The molecule has 2 rings (SSSR count). The zero-order valence-electron chi connectivity index (χ0n) is 13.2. The summed E-state index contributed by atoms with van der Waals surface area (Å²) in [7, 11) is 0. The summed E-state index contributed by atoms with van der Waals surface area (Å²) in [6.45, 7) is 7.96. The highest BCUT2D eigenvalue weighted by molar-refractivity contribution is 7.14. The van der Waals surface area contributed by atoms with Crippen molar-refractivity contribution < 1.29 is 9.59 Å². The summed E-state index contributed by atoms with van der Waals surface area (Å²) in [5.74, 6) is -0.195. The van der Waals surface area contributed by atoms with Crippen molar-refractivity contribution in [3.63, 3.8) is 0 Å². The van der Waals surface area contributed by atoms with Crippen LogP contribution in [-0.4, -0.2) is 11.8 Å². The van der Waals surface area contributed by atoms with Gasteiger partial charge in [-0.25, -0.2) is 0 Å². The summed E-state index contributed by atoms with van der Waals surface area (Å²) in [6.07, 6.45) is 0. The number of hydrogen-bond donors (Lipinski definition) is 2. The van der Waals surface area contributed by atoms with Gasteiger partial charge in [-0.2, -0.15) is 0 Å². The van der Waals surface area contributed by atoms with Gasteiger partial charge in [0.2, 0.25) is 5.91 Å². The molecule has 22 heavy (non-hydrogen) atoms. The third-order valence-corrected chi connectivity index (χ3v) is 4.40. The van der Waals surface area contributed by atoms with Crippen LogP contribution >= 0.6 is 11.3 Å². The zero-order valence-corrected chi connectivity index (χ0v) is 14.1. The number of carbonyl (C=O) groups is 2. The minimum absolute atomic E-state index is 0.0784. The third-order valence-electron chi connectivity index (χ3n) is 3.31. The molecule has 0 bridgehead atoms. The smallest absolute Gasteiger partial charge is 0.265 e. The lowest BCUT2D eigenvalue weighted by atomic mass is 10.1. The number of thiophene rings is 1. The predicted octanol–water partition coefficient (Wildman–Crippen LogP) is 3.56. The molecule has 0 aliphatic rings. The number of carbonyl (C=O) groups excluding carboxylic acids is 2. The molecule has 0 aliphatic carbocycles. The number of hydrogen-bond acceptors (Lipinski definition) is 3. The van der Waals surface area contributed by atoms with Crippen molar-refractivity contribution in [1.29, 1.82) is 0 Å². The van der Waals surface area contributed by atoms with Crippen molar-refractivity contribution in [2.45, 2.75) is 34.2 Å². The van der Waals surface area contributed by atoms with E-state index in [0.717, 1.165) is 21.7 Å². The molecule has 2 aromatic rings. The number of rotatable bonds is 4. The first-order chi connectivity index (χ1) is 10.4. The fraction of sp³-hybridized carbons (Fsp3) is 0.294. The normalized spacial score (nSPS) is 10.4. The maximum absolute atomic E-state index is 12.4. The van der Waals surface area contributed by atoms with Gasteiger partial charge in [0.15, 0.2) is 0 Å². The Kier molecular flexibility index (Phi) is 4.98. The van der Waals surface area contributed by atoms with E-state index in [4.69, 9.17) is 0 Å². The molecule has 2 amide bonds. The fourth-order valence-electron chi connectivity index (χ4n) is 2.36. The Bertz CT molecular complexity index is 696. The third kappa shape index (κ3) is 3.95. The minimum Gasteiger partial charge on any atom is -0.351 e. The van der Waals surface area contributed by atoms with E-state index in [-0.39, 0.29) is 11.8 Å². The number of amides is 2. The average Bonchev–Trinajstić information content (AvgIpc) is 2.89. The van der Waals surface area contributed by atoms with Gasteiger partial charge >= 0.3 is 0 Å². The summed E-state index contributed by atoms with van der Waals surface area (Å²) < 4.78 is 0. The van der Waals surface area contributed by atoms with Crippen LogP contribution in [0.25, 0.3) is 0 Å². The second-order valence-electron chi connectivity index (χ2n) is 5.40. The molecule has 0 spiro atoms. The molecule has 5 heteroatoms. The summed E-state index contributed by atoms with van der Waals surface area (Å²) in [5, 5.41) is 5.71. The van der Waals surface area contributed by atoms with Gasteiger partial charge in [-0.1, -0.05) is 17.7 Å². The van der Waals surface area contributed by atoms with Crippen molar-refractivity contribution in [2.75, 3.05) is 5.32 Å². The molecule has 4 nitrogen and oxygen atoms in total. The molecule has 1 heterocycles. The van der Waals surface area contributed by atoms with Crippen LogP contribution in [0.1, 0.15) is 38.2 Å². The monoisotopic (exact) mass is 316 g/mol. The fourth-order valence-corrected chi connectivity index (χ4v) is 3.20. The first-order valence-corrected chi connectivity index (χ1v) is 7.91. The van der Waals surface area contributed by atoms with Crippen molar-refractivity contribution >= 4 is 28.8 Å². The molecule has 0 atom stereocenters. The molecule has 0 aliphatic heterocycles. The number of anilines is 1. The van der Waals surface area contributed by atoms with Crippen LogP contribution in [0.4, 0.5) is 5.69 Å². The summed E-state index contributed by atoms with van der Waals surface area (Å²) >= 11 is 1.39. The lowest BCUT2D eigenvalue weighted by Crippen LogP contribution is -2.18. The standard InChI is InChI=1S/C17H20N2O2S/c1-10-7-11(2)16(12(3)8-10)19-17(21)15-6-5-14(22-15)9-18-13(4)20/h5-8H,9H2,1-4H3,(H,18,20)(H,19,21). The van der Waals surface area contributed by atoms with E-state index in [0.29, 0.717) is 11.4 Å². The predicted molar refractivity (Wildman–Crippen MR) is 90.4 cm³/mol. The summed E-state index contributed by atoms with van der Waals surface area (Å²) in [5.41, 5.74) is 4.16. The SMILES string of the molecule is CC(=O)NCc1ccc(C(=O)Nc2c(C)cc(C)cc2C)s1. The summed E-state index contributed by atoms with van der Waals surface area (Å²) in [4.78, 5) is 24.9. The van der Waals surface area contributed by atoms with Crippen molar-refractivity contribution in [3.05, 3.63) is 50.7 Å². The van der Waals surface area contributed by atoms with Gasteiger partial charge in [-0.3, -0.25) is 9.59 Å². The van der Waals surface area contributed by atoms with E-state index in [1.165, 1.54) is 23.8 Å². The highest BCUT2D eigenvalue weighted by Gasteiger charge is 2.12. The molecular formula is C17H20N2O2S. The second-order valence-corrected chi connectivity index (χ2v) is 6.57. The van der Waals surface area contributed by atoms with Crippen molar-refractivity contribution in [3.8, 4) is 0 Å². The highest BCUT2D eigenvalue weighted by Crippen LogP contribution is 2.24. The van der Waals surface area contributed by atoms with Gasteiger partial charge in [0.05, 0.1) is 11.4 Å². The Morgan fingerprint density at radius 3 is 2.32 bits per heavy atom. The second kappa shape index (κ2) is 6.75. The van der Waals surface area contributed by atoms with E-state index in [2.05, 4.69) is 22.8 Å². The average molecular weight is 316 g/mol. The summed E-state index contributed by atoms with van der Waals surface area (Å²) in [6, 6.07) is 7.76. The minimum atomic E-state index is -0.117. The molecule has 0 radical (unpaired) electrons. The van der Waals surface area contributed by atoms with E-state index in [1.807, 2.05) is 26.8 Å². The van der Waals surface area contributed by atoms with Gasteiger partial charge in [0.1, 0.15) is 0 Å². The van der Waals surface area contributed by atoms with Crippen LogP contribution in [0.3, 0.4) is 0 Å². The maximum atomic E-state index is 12.4. The molecule has 0 saturated carbocycles. The Hall–Kier alpha value is -2.14. The topological polar surface area (TPSA) is 58.2 Å². The van der Waals surface area contributed by atoms with Crippen LogP contribution in [0, 0.1) is 20.8 Å². The van der Waals surface area contributed by atoms with Crippen LogP contribution in [0.2, 0.25) is 0 Å². The number of aryl methyl sites for hydroxylation is 3. The van der Waals surface area contributed by atoms with Crippen molar-refractivity contribution in [1.82, 2.24) is 5.32 Å². The molecule has 0 unspecified atom stereocenters. The van der Waals surface area contributed by atoms with E-state index in [9.17, 15) is 9.59 Å². The number of benzene rings is 1. The van der Waals surface area contributed by atoms with Crippen LogP contribution in [0.5, 0.6) is 0 Å². The zero-order chi connectivity index (χ0) is 16.3. The highest BCUT2D eigenvalue weighted by atomic mass is 32.1. The van der Waals surface area contributed by atoms with Gasteiger partial charge in [0.25, 0.3) is 5.91 Å². The molecule has 0 fully saturated rings. The van der Waals surface area contributed by atoms with Crippen molar-refractivity contribution in [2.24, 2.45) is 0 Å². The molecule has 1 aromatic carbocycles. The van der Waals surface area contributed by atoms with Gasteiger partial charge in [-0.05, 0) is 44.0 Å². The quantitative estimate of drug-likeness (QED) is 0.906. The first-order valence-electron chi connectivity index (χ1n) is 7.09. The Morgan fingerprint density at radius 2 is 1.73 bits per heavy atom. The van der Waals surface area contributed by atoms with Gasteiger partial charge < -0.3 is 10.6 Å². The lowest BCUT2D eigenvalue weighted by Gasteiger charge is -2.12. The Labute approximate surface area is 134 Å². The molecule has 116 valence electrons. The molecule has 1 aromatic heterocycles. The number of nitrogens with one attached hydrogen (secondary N) is 2. The maximum Gasteiger partial charge on any atom is 0.265 e. The van der Waals surface area contributed by atoms with E-state index >= 15 is 0 Å².